The zero-order chi connectivity index (χ0) is 13.5. The summed E-state index contributed by atoms with van der Waals surface area (Å²) < 4.78 is 6.44. The first-order valence-electron chi connectivity index (χ1n) is 7.56. The van der Waals surface area contributed by atoms with Gasteiger partial charge in [0.15, 0.2) is 0 Å². The van der Waals surface area contributed by atoms with E-state index in [1.165, 1.54) is 37.8 Å². The highest BCUT2D eigenvalue weighted by molar-refractivity contribution is 5.62. The lowest BCUT2D eigenvalue weighted by Gasteiger charge is -2.51. The molecule has 1 aliphatic carbocycles. The molecular weight excluding hydrogens is 234 g/mol. The van der Waals surface area contributed by atoms with E-state index >= 15 is 0 Å². The maximum absolute atomic E-state index is 6.44. The van der Waals surface area contributed by atoms with Gasteiger partial charge in [-0.1, -0.05) is 18.6 Å². The maximum atomic E-state index is 6.44. The molecule has 2 aliphatic rings. The van der Waals surface area contributed by atoms with Crippen LogP contribution in [0.25, 0.3) is 0 Å². The van der Waals surface area contributed by atoms with Crippen LogP contribution in [0.4, 0.5) is 5.69 Å². The second-order valence-corrected chi connectivity index (χ2v) is 7.07. The minimum atomic E-state index is 0.0554. The van der Waals surface area contributed by atoms with E-state index in [9.17, 15) is 0 Å². The highest BCUT2D eigenvalue weighted by Gasteiger charge is 2.43. The third kappa shape index (κ3) is 2.33. The van der Waals surface area contributed by atoms with Crippen LogP contribution in [-0.2, 0) is 0 Å². The molecule has 104 valence electrons. The topological polar surface area (TPSA) is 12.5 Å². The van der Waals surface area contributed by atoms with Gasteiger partial charge in [-0.15, -0.1) is 0 Å². The number of rotatable bonds is 0. The largest absolute Gasteiger partial charge is 0.483 e. The van der Waals surface area contributed by atoms with Gasteiger partial charge in [0.05, 0.1) is 12.2 Å². The molecule has 0 aromatic heterocycles. The number of anilines is 1. The molecule has 1 saturated carbocycles. The fourth-order valence-corrected chi connectivity index (χ4v) is 3.46. The standard InChI is InChI=1S/C17H25NO/c1-16(2,3)18-13-17(11-7-4-8-12-17)19-15-10-6-5-9-14(15)18/h5-6,9-10H,4,7-8,11-13H2,1-3H3. The van der Waals surface area contributed by atoms with Crippen LogP contribution in [0.3, 0.4) is 0 Å². The van der Waals surface area contributed by atoms with E-state index in [0.29, 0.717) is 0 Å². The minimum Gasteiger partial charge on any atom is -0.483 e. The average Bonchev–Trinajstić information content (AvgIpc) is 2.37. The molecule has 1 aromatic rings. The zero-order valence-corrected chi connectivity index (χ0v) is 12.4. The Morgan fingerprint density at radius 1 is 1.05 bits per heavy atom. The van der Waals surface area contributed by atoms with Crippen LogP contribution in [0, 0.1) is 0 Å². The van der Waals surface area contributed by atoms with Gasteiger partial charge >= 0.3 is 0 Å². The van der Waals surface area contributed by atoms with Gasteiger partial charge < -0.3 is 9.64 Å². The van der Waals surface area contributed by atoms with E-state index in [2.05, 4.69) is 49.9 Å². The first-order valence-corrected chi connectivity index (χ1v) is 7.56. The van der Waals surface area contributed by atoms with Crippen molar-refractivity contribution >= 4 is 5.69 Å². The Morgan fingerprint density at radius 2 is 1.74 bits per heavy atom. The maximum Gasteiger partial charge on any atom is 0.143 e. The lowest BCUT2D eigenvalue weighted by atomic mass is 9.82. The number of nitrogens with zero attached hydrogens (tertiary/aromatic N) is 1. The molecule has 0 atom stereocenters. The number of ether oxygens (including phenoxy) is 1. The number of fused-ring (bicyclic) bond motifs is 1. The fraction of sp³-hybridized carbons (Fsp3) is 0.647. The molecule has 1 spiro atoms. The molecule has 0 bridgehead atoms. The van der Waals surface area contributed by atoms with E-state index in [0.717, 1.165) is 12.3 Å². The lowest BCUT2D eigenvalue weighted by Crippen LogP contribution is -2.57. The summed E-state index contributed by atoms with van der Waals surface area (Å²) in [4.78, 5) is 2.54. The van der Waals surface area contributed by atoms with Crippen LogP contribution in [0.5, 0.6) is 5.75 Å². The van der Waals surface area contributed by atoms with E-state index in [1.54, 1.807) is 0 Å². The first kappa shape index (κ1) is 12.8. The van der Waals surface area contributed by atoms with Crippen molar-refractivity contribution in [2.24, 2.45) is 0 Å². The number of benzene rings is 1. The van der Waals surface area contributed by atoms with Crippen molar-refractivity contribution in [3.05, 3.63) is 24.3 Å². The Bertz CT molecular complexity index is 455. The van der Waals surface area contributed by atoms with Crippen molar-refractivity contribution in [1.82, 2.24) is 0 Å². The van der Waals surface area contributed by atoms with Crippen molar-refractivity contribution < 1.29 is 4.74 Å². The SMILES string of the molecule is CC(C)(C)N1CC2(CCCCC2)Oc2ccccc21. The van der Waals surface area contributed by atoms with E-state index in [4.69, 9.17) is 4.74 Å². The highest BCUT2D eigenvalue weighted by atomic mass is 16.5. The normalized spacial score (nSPS) is 21.9. The summed E-state index contributed by atoms with van der Waals surface area (Å²) in [5.74, 6) is 1.07. The van der Waals surface area contributed by atoms with Crippen molar-refractivity contribution in [3.8, 4) is 5.75 Å². The van der Waals surface area contributed by atoms with Gasteiger partial charge in [-0.3, -0.25) is 0 Å². The molecule has 1 aromatic carbocycles. The van der Waals surface area contributed by atoms with E-state index in [1.807, 2.05) is 0 Å². The van der Waals surface area contributed by atoms with Crippen LogP contribution in [0.15, 0.2) is 24.3 Å². The van der Waals surface area contributed by atoms with Crippen LogP contribution in [-0.4, -0.2) is 17.7 Å². The Balaban J connectivity index is 2.00. The summed E-state index contributed by atoms with van der Waals surface area (Å²) in [6, 6.07) is 8.52. The summed E-state index contributed by atoms with van der Waals surface area (Å²) in [6.07, 6.45) is 6.38. The Morgan fingerprint density at radius 3 is 2.42 bits per heavy atom. The van der Waals surface area contributed by atoms with E-state index in [-0.39, 0.29) is 11.1 Å². The Hall–Kier alpha value is -1.18. The molecular formula is C17H25NO. The second kappa shape index (κ2) is 4.43. The molecule has 0 radical (unpaired) electrons. The first-order chi connectivity index (χ1) is 9.00. The molecule has 0 amide bonds. The van der Waals surface area contributed by atoms with Crippen molar-refractivity contribution in [2.75, 3.05) is 11.4 Å². The molecule has 1 fully saturated rings. The van der Waals surface area contributed by atoms with Crippen LogP contribution in [0.1, 0.15) is 52.9 Å². The molecule has 0 N–H and O–H groups in total. The quantitative estimate of drug-likeness (QED) is 0.685. The van der Waals surface area contributed by atoms with Crippen LogP contribution in [0.2, 0.25) is 0 Å². The average molecular weight is 259 g/mol. The number of para-hydroxylation sites is 2. The monoisotopic (exact) mass is 259 g/mol. The number of hydrogen-bond acceptors (Lipinski definition) is 2. The van der Waals surface area contributed by atoms with E-state index < -0.39 is 0 Å². The fourth-order valence-electron chi connectivity index (χ4n) is 3.46. The molecule has 3 rings (SSSR count). The summed E-state index contributed by atoms with van der Waals surface area (Å²) in [6.45, 7) is 7.93. The van der Waals surface area contributed by atoms with Crippen molar-refractivity contribution in [1.29, 1.82) is 0 Å². The van der Waals surface area contributed by atoms with Gasteiger partial charge in [0.25, 0.3) is 0 Å². The Labute approximate surface area is 116 Å². The highest BCUT2D eigenvalue weighted by Crippen LogP contribution is 2.45. The van der Waals surface area contributed by atoms with Crippen LogP contribution >= 0.6 is 0 Å². The predicted octanol–water partition coefficient (Wildman–Crippen LogP) is 4.39. The zero-order valence-electron chi connectivity index (χ0n) is 12.4. The molecule has 2 heteroatoms. The summed E-state index contributed by atoms with van der Waals surface area (Å²) >= 11 is 0. The molecule has 0 saturated heterocycles. The van der Waals surface area contributed by atoms with Gasteiger partial charge in [-0.2, -0.15) is 0 Å². The minimum absolute atomic E-state index is 0.0554. The molecule has 2 nitrogen and oxygen atoms in total. The van der Waals surface area contributed by atoms with Gasteiger partial charge in [-0.05, 0) is 58.6 Å². The molecule has 19 heavy (non-hydrogen) atoms. The predicted molar refractivity (Wildman–Crippen MR) is 80.0 cm³/mol. The van der Waals surface area contributed by atoms with Gasteiger partial charge in [0.1, 0.15) is 11.4 Å². The van der Waals surface area contributed by atoms with Crippen molar-refractivity contribution in [2.45, 2.75) is 64.0 Å². The third-order valence-corrected chi connectivity index (χ3v) is 4.50. The van der Waals surface area contributed by atoms with Gasteiger partial charge in [-0.25, -0.2) is 0 Å². The van der Waals surface area contributed by atoms with Crippen LogP contribution < -0.4 is 9.64 Å². The van der Waals surface area contributed by atoms with Gasteiger partial charge in [0.2, 0.25) is 0 Å². The summed E-state index contributed by atoms with van der Waals surface area (Å²) in [7, 11) is 0. The number of hydrogen-bond donors (Lipinski definition) is 0. The van der Waals surface area contributed by atoms with Crippen molar-refractivity contribution in [3.63, 3.8) is 0 Å². The third-order valence-electron chi connectivity index (χ3n) is 4.50. The smallest absolute Gasteiger partial charge is 0.143 e. The molecule has 1 heterocycles. The molecule has 1 aliphatic heterocycles. The summed E-state index contributed by atoms with van der Waals surface area (Å²) in [5.41, 5.74) is 1.45. The van der Waals surface area contributed by atoms with Gasteiger partial charge in [0, 0.05) is 5.54 Å². The molecule has 0 unspecified atom stereocenters. The second-order valence-electron chi connectivity index (χ2n) is 7.07. The Kier molecular flexibility index (Phi) is 2.99. The summed E-state index contributed by atoms with van der Waals surface area (Å²) in [5, 5.41) is 0. The lowest BCUT2D eigenvalue weighted by molar-refractivity contribution is 0.0239.